The van der Waals surface area contributed by atoms with E-state index in [1.807, 2.05) is 52.0 Å². The Morgan fingerprint density at radius 2 is 0.774 bits per heavy atom. The molecule has 9 rings (SSSR count). The van der Waals surface area contributed by atoms with Gasteiger partial charge >= 0.3 is 5.97 Å². The van der Waals surface area contributed by atoms with Gasteiger partial charge in [0, 0.05) is 64.0 Å². The third kappa shape index (κ3) is 42.9. The molecule has 0 spiro atoms. The number of Topliss-reactive ketones (excluding diaryl/α,β-unsaturated/α-hetero) is 1. The van der Waals surface area contributed by atoms with Crippen LogP contribution in [0.2, 0.25) is 0 Å². The van der Waals surface area contributed by atoms with E-state index in [2.05, 4.69) is 69.1 Å². The second-order valence-electron chi connectivity index (χ2n) is 33.9. The molecule has 18 amide bonds. The van der Waals surface area contributed by atoms with E-state index < -0.39 is 217 Å². The van der Waals surface area contributed by atoms with E-state index in [-0.39, 0.29) is 112 Å². The van der Waals surface area contributed by atoms with Crippen molar-refractivity contribution in [3.05, 3.63) is 166 Å². The summed E-state index contributed by atoms with van der Waals surface area (Å²) < 4.78 is 5.63. The fourth-order valence-electron chi connectivity index (χ4n) is 14.5. The predicted octanol–water partition coefficient (Wildman–Crippen LogP) is 0.737. The lowest BCUT2D eigenvalue weighted by Crippen LogP contribution is -2.58. The summed E-state index contributed by atoms with van der Waals surface area (Å²) >= 11 is 3.96. The molecule has 0 radical (unpaired) electrons. The third-order valence-corrected chi connectivity index (χ3v) is 26.4. The fraction of sp³-hybridized carbons (Fsp3) is 0.495. The van der Waals surface area contributed by atoms with Gasteiger partial charge in [-0.3, -0.25) is 95.9 Å². The van der Waals surface area contributed by atoms with Crippen LogP contribution in [0.1, 0.15) is 211 Å². The quantitative estimate of drug-likeness (QED) is 0.0232. The van der Waals surface area contributed by atoms with Crippen LogP contribution < -0.4 is 120 Å². The van der Waals surface area contributed by atoms with Crippen molar-refractivity contribution in [3.63, 3.8) is 0 Å². The lowest BCUT2D eigenvalue weighted by Gasteiger charge is -2.28. The smallest absolute Gasteiger partial charge is 0.303 e. The number of carbonyl (C=O) groups is 20. The lowest BCUT2D eigenvalue weighted by atomic mass is 9.96. The molecule has 5 aromatic rings. The fourth-order valence-corrected chi connectivity index (χ4v) is 17.8. The largest absolute Gasteiger partial charge is 0.508 e. The number of carbonyl (C=O) groups excluding carboxylic acids is 19. The van der Waals surface area contributed by atoms with Gasteiger partial charge in [0.2, 0.25) is 82.7 Å². The van der Waals surface area contributed by atoms with E-state index in [0.717, 1.165) is 11.1 Å². The Labute approximate surface area is 863 Å². The maximum atomic E-state index is 13.4. The highest BCUT2D eigenvalue weighted by Gasteiger charge is 2.39. The summed E-state index contributed by atoms with van der Waals surface area (Å²) in [7, 11) is 0. The van der Waals surface area contributed by atoms with Gasteiger partial charge < -0.3 is 130 Å². The topological polar surface area (TPSA) is 756 Å². The lowest BCUT2D eigenvalue weighted by molar-refractivity contribution is -0.138. The Bertz CT molecular complexity index is 5240. The average Bonchev–Trinajstić information content (AvgIpc) is 1.82. The van der Waals surface area contributed by atoms with E-state index in [1.165, 1.54) is 65.6 Å². The van der Waals surface area contributed by atoms with Crippen molar-refractivity contribution in [3.8, 4) is 11.5 Å². The molecule has 4 aliphatic rings. The third-order valence-electron chi connectivity index (χ3n) is 23.1. The normalized spacial score (nSPS) is 21.4. The number of hydrogen-bond donors (Lipinski definition) is 23. The highest BCUT2D eigenvalue weighted by molar-refractivity contribution is 7.99. The van der Waals surface area contributed by atoms with Crippen LogP contribution in [-0.2, 0) is 100 Å². The number of benzene rings is 5. The molecule has 4 heterocycles. The number of thioether (sulfide) groups is 3. The monoisotopic (exact) mass is 2090 g/mol. The van der Waals surface area contributed by atoms with Crippen LogP contribution >= 0.6 is 35.3 Å². The van der Waals surface area contributed by atoms with Crippen LogP contribution in [0.4, 0.5) is 0 Å². The summed E-state index contributed by atoms with van der Waals surface area (Å²) in [5, 5.41) is 52.7. The molecule has 6 unspecified atom stereocenters. The maximum absolute atomic E-state index is 13.4. The van der Waals surface area contributed by atoms with E-state index in [1.54, 1.807) is 66.7 Å². The van der Waals surface area contributed by atoms with Crippen molar-refractivity contribution >= 4 is 153 Å². The van der Waals surface area contributed by atoms with Gasteiger partial charge in [0.15, 0.2) is 5.78 Å². The second kappa shape index (κ2) is 67.0. The summed E-state index contributed by atoms with van der Waals surface area (Å²) in [5.74, 6) is -13.5. The number of aromatic hydroxyl groups is 1. The number of nitrogens with one attached hydrogen (secondary N) is 13. The molecular weight excluding hydrogens is 1950 g/mol. The maximum Gasteiger partial charge on any atom is 0.303 e. The number of para-hydroxylation sites is 1. The van der Waals surface area contributed by atoms with Crippen molar-refractivity contribution in [2.24, 2.45) is 63.6 Å². The van der Waals surface area contributed by atoms with Gasteiger partial charge in [0.25, 0.3) is 23.6 Å². The number of phenolic OH excluding ortho intramolecular Hbond substituents is 1. The number of phenols is 1. The van der Waals surface area contributed by atoms with Crippen LogP contribution in [-0.4, -0.2) is 251 Å². The first-order chi connectivity index (χ1) is 67.7. The van der Waals surface area contributed by atoms with Crippen LogP contribution in [0, 0.1) is 17.8 Å². The van der Waals surface area contributed by atoms with Gasteiger partial charge in [-0.2, -0.15) is 35.3 Å². The van der Waals surface area contributed by atoms with Crippen molar-refractivity contribution in [2.75, 3.05) is 56.6 Å². The first-order valence-corrected chi connectivity index (χ1v) is 49.9. The first kappa shape index (κ1) is 128. The van der Waals surface area contributed by atoms with Crippen LogP contribution in [0.5, 0.6) is 11.5 Å². The number of primary amides is 5. The van der Waals surface area contributed by atoms with Crippen molar-refractivity contribution in [1.29, 1.82) is 0 Å². The molecule has 804 valence electrons. The number of hydrogen-bond acceptors (Lipinski definition) is 28. The van der Waals surface area contributed by atoms with E-state index in [0.29, 0.717) is 118 Å². The summed E-state index contributed by atoms with van der Waals surface area (Å²) in [4.78, 5) is 252. The number of carboxylic acid groups (broad SMARTS) is 1. The van der Waals surface area contributed by atoms with Gasteiger partial charge in [0.1, 0.15) is 90.5 Å². The van der Waals surface area contributed by atoms with Crippen molar-refractivity contribution < 1.29 is 111 Å². The van der Waals surface area contributed by atoms with Crippen LogP contribution in [0.3, 0.4) is 0 Å². The number of amides is 18. The molecule has 47 heteroatoms. The number of nitrogens with two attached hydrogens (primary N) is 8. The van der Waals surface area contributed by atoms with E-state index >= 15 is 0 Å². The SMILES string of the molecule is C.C.C.C.CCC(C)[C@@H]1NC(=O)c2ccccc2CSC[C@@H](C(N)=O)NC(=O)C(CCCCN)NC1=O.CCC(C)[C@@H]1NC(=O)c2ccccc2OCC(C(N)=O)C(=O)CNC(=O)C(CCCCN)NC1=O.NC(=O)CNC(=O)[C@@H]1CSCc2ccccc2C(=O)N[C@@H](CCC(=O)O)C(=O)N[C@@H](CC(N)=O)C(=O)N1.NCCCC[C@@H]1NC(=O)c2ccccc2CSC[C@@H](C(N)=O)NC(=O)C(Cc2ccc(O)cc2)NC1=O. The molecule has 14 atom stereocenters. The molecule has 0 aliphatic carbocycles. The minimum atomic E-state index is -1.53. The molecule has 31 N–H and O–H groups in total. The number of fused-ring (bicyclic) bond motifs is 4. The molecule has 4 aliphatic heterocycles. The van der Waals surface area contributed by atoms with Crippen LogP contribution in [0.25, 0.3) is 0 Å². The van der Waals surface area contributed by atoms with Gasteiger partial charge in [-0.05, 0) is 160 Å². The summed E-state index contributed by atoms with van der Waals surface area (Å²) in [6, 6.07) is 21.8. The number of ether oxygens (including phenoxy) is 1. The average molecular weight is 2100 g/mol. The minimum Gasteiger partial charge on any atom is -0.508 e. The zero-order chi connectivity index (χ0) is 105. The number of carboxylic acids is 1. The first-order valence-electron chi connectivity index (χ1n) is 46.4. The zero-order valence-corrected chi connectivity index (χ0v) is 82.0. The number of rotatable bonds is 29. The number of aliphatic carboxylic acids is 1. The molecule has 0 saturated carbocycles. The minimum absolute atomic E-state index is 0. The molecule has 44 nitrogen and oxygen atoms in total. The Morgan fingerprint density at radius 3 is 1.19 bits per heavy atom. The number of ketones is 1. The van der Waals surface area contributed by atoms with Gasteiger partial charge in [-0.25, -0.2) is 0 Å². The van der Waals surface area contributed by atoms with Gasteiger partial charge in [0.05, 0.1) is 25.1 Å². The predicted molar refractivity (Wildman–Crippen MR) is 557 cm³/mol. The summed E-state index contributed by atoms with van der Waals surface area (Å²) in [6.45, 7) is 7.50. The second-order valence-corrected chi connectivity index (χ2v) is 37.0. The Hall–Kier alpha value is -13.8. The Kier molecular flexibility index (Phi) is 58.9. The number of unbranched alkanes of at least 4 members (excludes halogenated alkanes) is 3. The molecule has 5 aromatic carbocycles. The van der Waals surface area contributed by atoms with E-state index in [9.17, 15) is 101 Å². The molecule has 0 saturated heterocycles. The Balaban J connectivity index is 0.000000652. The van der Waals surface area contributed by atoms with Crippen molar-refractivity contribution in [1.82, 2.24) is 69.1 Å². The highest BCUT2D eigenvalue weighted by atomic mass is 32.2. The molecule has 0 fully saturated rings. The zero-order valence-electron chi connectivity index (χ0n) is 79.5. The van der Waals surface area contributed by atoms with E-state index in [4.69, 9.17) is 55.7 Å². The molecule has 0 bridgehead atoms. The van der Waals surface area contributed by atoms with Crippen LogP contribution in [0.15, 0.2) is 121 Å². The van der Waals surface area contributed by atoms with Crippen molar-refractivity contribution in [2.45, 2.75) is 237 Å². The highest BCUT2D eigenvalue weighted by Crippen LogP contribution is 2.27. The van der Waals surface area contributed by atoms with Gasteiger partial charge in [-0.1, -0.05) is 149 Å². The molecular formula is C99H147N21O23S3. The molecule has 0 aromatic heterocycles. The summed E-state index contributed by atoms with van der Waals surface area (Å²) in [5.41, 5.74) is 47.5. The Morgan fingerprint density at radius 1 is 0.411 bits per heavy atom. The summed E-state index contributed by atoms with van der Waals surface area (Å²) in [6.07, 6.45) is 4.72. The van der Waals surface area contributed by atoms with Gasteiger partial charge in [-0.15, -0.1) is 0 Å². The standard InChI is InChI=1S/C26H33N5O5S.C24H35N5O6.C23H35N5O4S.C22H28N6O8S.4CH4/c27-12-4-3-7-20-25(35)30-21(13-16-8-10-18(32)11-9-16)26(36)31-22(23(28)33)15-37-14-17-5-1-2-6-19(17)24(34)29-20;1-3-14(2)20-24(34)28-17(9-6-7-11-25)23(33)27-12-18(30)16(21(26)31)13-35-19-10-5-4-8-15(19)22(32)29-20;1-3-14(2)19-23(32)26-17(10-6-7-11-24)22(31)27-18(20(25)29)13-33-12-15-8-4-5-9-16(15)21(30)28-19;23-16(29)7-14-22(36)28-15(20(34)25-8-17(24)30)10-37-9-11-3-1-2-4-12(11)19(33)26-13(21(35)27-14)5-6-18(31)32;;;;/h1-2,5-6,8-11,20-22,32H,3-4,7,12-15,27H2,(H2,28,33)(H,29,34)(H,30,35)(H,31,36);4-5,8,10,14,16-17,20H,3,6-7,9,11-13,25H2,1-2H3,(H2,26,31)(H,27,33)(H,28,34)(H,29,32);4-5,8-9,14,17-19H,3,6-7,10-13,24H2,1-2H3,(H2,25,29)(H,26,32)(H,27,31)(H,28,30);1-4,13-15H,5-10H2,(H2,23,29)(H2,24,30)(H,25,34)(H,26,33)(H,27,35)(H,28,36)(H,31,32);4*1H4/t20-,21?,22-;14?,16?,17?,20-;14?,17?,18-,19-;13-,14-,15-;;;;/m0000..../s1. The molecule has 146 heavy (non-hydrogen) atoms.